The van der Waals surface area contributed by atoms with Crippen LogP contribution in [0.2, 0.25) is 0 Å². The first-order chi connectivity index (χ1) is 5.27. The fourth-order valence-corrected chi connectivity index (χ4v) is 0.706. The van der Waals surface area contributed by atoms with Crippen LogP contribution in [0.5, 0.6) is 0 Å². The molecule has 0 spiro atoms. The van der Waals surface area contributed by atoms with E-state index in [2.05, 4.69) is 5.43 Å². The second kappa shape index (κ2) is 2.99. The Bertz CT molecular complexity index is 303. The van der Waals surface area contributed by atoms with E-state index >= 15 is 0 Å². The molecule has 0 bridgehead atoms. The number of benzene rings is 1. The minimum atomic E-state index is -0.504. The number of hydrazine groups is 1. The van der Waals surface area contributed by atoms with Crippen LogP contribution < -0.4 is 16.5 Å². The van der Waals surface area contributed by atoms with Crippen LogP contribution in [0, 0.1) is 11.9 Å². The summed E-state index contributed by atoms with van der Waals surface area (Å²) in [4.78, 5) is 0. The number of anilines is 1. The van der Waals surface area contributed by atoms with E-state index in [0.717, 1.165) is 0 Å². The third-order valence-corrected chi connectivity index (χ3v) is 1.27. The Hall–Kier alpha value is -1.60. The molecule has 1 aromatic rings. The molecule has 0 heterocycles. The van der Waals surface area contributed by atoms with Crippen molar-refractivity contribution >= 4 is 5.69 Å². The van der Waals surface area contributed by atoms with Crippen LogP contribution in [-0.4, -0.2) is 0 Å². The Morgan fingerprint density at radius 2 is 2.27 bits per heavy atom. The summed E-state index contributed by atoms with van der Waals surface area (Å²) in [7, 11) is 0. The molecule has 0 atom stereocenters. The SMILES string of the molecule is [NH+]#Cc1ccc(NN)cc1F. The van der Waals surface area contributed by atoms with Crippen molar-refractivity contribution in [2.24, 2.45) is 5.84 Å². The highest BCUT2D eigenvalue weighted by Gasteiger charge is 2.03. The summed E-state index contributed by atoms with van der Waals surface area (Å²) < 4.78 is 12.8. The van der Waals surface area contributed by atoms with E-state index in [1.165, 1.54) is 12.1 Å². The number of hydrogen-bond donors (Lipinski definition) is 3. The topological polar surface area (TPSA) is 61.8 Å². The van der Waals surface area contributed by atoms with Crippen molar-refractivity contribution in [2.75, 3.05) is 5.43 Å². The van der Waals surface area contributed by atoms with Crippen LogP contribution in [0.4, 0.5) is 10.1 Å². The Balaban J connectivity index is 3.12. The van der Waals surface area contributed by atoms with Crippen molar-refractivity contribution in [3.8, 4) is 6.07 Å². The van der Waals surface area contributed by atoms with Crippen LogP contribution in [0.25, 0.3) is 0 Å². The van der Waals surface area contributed by atoms with Gasteiger partial charge in [0.1, 0.15) is 11.4 Å². The molecule has 0 radical (unpaired) electrons. The Morgan fingerprint density at radius 3 is 2.73 bits per heavy atom. The summed E-state index contributed by atoms with van der Waals surface area (Å²) in [6, 6.07) is 6.16. The van der Waals surface area contributed by atoms with Crippen molar-refractivity contribution in [3.05, 3.63) is 29.6 Å². The molecule has 0 aromatic heterocycles. The number of halogens is 1. The predicted octanol–water partition coefficient (Wildman–Crippen LogP) is -0.768. The van der Waals surface area contributed by atoms with Crippen LogP contribution >= 0.6 is 0 Å². The molecular weight excluding hydrogens is 145 g/mol. The Kier molecular flexibility index (Phi) is 2.04. The first-order valence-electron chi connectivity index (χ1n) is 2.97. The molecule has 4 N–H and O–H groups in total. The zero-order chi connectivity index (χ0) is 8.27. The zero-order valence-electron chi connectivity index (χ0n) is 5.69. The van der Waals surface area contributed by atoms with Gasteiger partial charge < -0.3 is 5.43 Å². The van der Waals surface area contributed by atoms with Crippen molar-refractivity contribution in [1.82, 2.24) is 0 Å². The molecule has 0 saturated heterocycles. The predicted molar refractivity (Wildman–Crippen MR) is 38.2 cm³/mol. The van der Waals surface area contributed by atoms with Gasteiger partial charge in [0.25, 0.3) is 0 Å². The molecule has 0 aliphatic carbocycles. The number of rotatable bonds is 1. The van der Waals surface area contributed by atoms with Gasteiger partial charge in [0.2, 0.25) is 0 Å². The summed E-state index contributed by atoms with van der Waals surface area (Å²) in [6.07, 6.45) is 0. The normalized spacial score (nSPS) is 8.82. The molecule has 11 heavy (non-hydrogen) atoms. The van der Waals surface area contributed by atoms with Gasteiger partial charge >= 0.3 is 6.07 Å². The lowest BCUT2D eigenvalue weighted by Crippen LogP contribution is -2.17. The number of hydrogen-bond acceptors (Lipinski definition) is 2. The fourth-order valence-electron chi connectivity index (χ4n) is 0.706. The lowest BCUT2D eigenvalue weighted by Gasteiger charge is -1.97. The van der Waals surface area contributed by atoms with Gasteiger partial charge in [-0.3, -0.25) is 5.84 Å². The van der Waals surface area contributed by atoms with Crippen molar-refractivity contribution < 1.29 is 9.65 Å². The largest absolute Gasteiger partial charge is 0.324 e. The second-order valence-electron chi connectivity index (χ2n) is 1.96. The molecule has 4 heteroatoms. The van der Waals surface area contributed by atoms with Crippen LogP contribution in [0.15, 0.2) is 18.2 Å². The monoisotopic (exact) mass is 152 g/mol. The fraction of sp³-hybridized carbons (Fsp3) is 0. The average molecular weight is 152 g/mol. The third kappa shape index (κ3) is 1.45. The summed E-state index contributed by atoms with van der Waals surface area (Å²) >= 11 is 0. The van der Waals surface area contributed by atoms with Gasteiger partial charge in [-0.2, -0.15) is 0 Å². The Labute approximate surface area is 63.2 Å². The highest BCUT2D eigenvalue weighted by atomic mass is 19.1. The molecule has 1 rings (SSSR count). The quantitative estimate of drug-likeness (QED) is 0.365. The van der Waals surface area contributed by atoms with Crippen LogP contribution in [0.3, 0.4) is 0 Å². The van der Waals surface area contributed by atoms with E-state index in [4.69, 9.17) is 11.1 Å². The summed E-state index contributed by atoms with van der Waals surface area (Å²) in [5.41, 5.74) is 2.89. The maximum atomic E-state index is 12.8. The van der Waals surface area contributed by atoms with E-state index in [1.54, 1.807) is 6.07 Å². The van der Waals surface area contributed by atoms with Crippen molar-refractivity contribution in [2.45, 2.75) is 0 Å². The van der Waals surface area contributed by atoms with Gasteiger partial charge in [0.15, 0.2) is 0 Å². The van der Waals surface area contributed by atoms with Gasteiger partial charge in [-0.25, -0.2) is 4.39 Å². The first-order valence-corrected chi connectivity index (χ1v) is 2.97. The zero-order valence-corrected chi connectivity index (χ0v) is 5.69. The van der Waals surface area contributed by atoms with Gasteiger partial charge in [0, 0.05) is 0 Å². The summed E-state index contributed by atoms with van der Waals surface area (Å²) in [5.74, 6) is 4.52. The van der Waals surface area contributed by atoms with Crippen LogP contribution in [-0.2, 0) is 0 Å². The summed E-state index contributed by atoms with van der Waals surface area (Å²) in [5, 5.41) is 6.67. The molecule has 0 aliphatic rings. The number of nitrogens with one attached hydrogen (secondary N) is 2. The smallest absolute Gasteiger partial charge is 0.311 e. The molecule has 0 fully saturated rings. The molecule has 0 amide bonds. The van der Waals surface area contributed by atoms with E-state index < -0.39 is 5.82 Å². The minimum absolute atomic E-state index is 0.129. The lowest BCUT2D eigenvalue weighted by atomic mass is 10.2. The lowest BCUT2D eigenvalue weighted by molar-refractivity contribution is -0.0911. The molecule has 0 unspecified atom stereocenters. The number of nitrogen functional groups attached to an aromatic ring is 1. The minimum Gasteiger partial charge on any atom is -0.324 e. The van der Waals surface area contributed by atoms with Crippen molar-refractivity contribution in [1.29, 1.82) is 0 Å². The van der Waals surface area contributed by atoms with Gasteiger partial charge in [-0.15, -0.1) is 0 Å². The third-order valence-electron chi connectivity index (χ3n) is 1.27. The van der Waals surface area contributed by atoms with Crippen LogP contribution in [0.1, 0.15) is 5.56 Å². The first kappa shape index (κ1) is 7.51. The Morgan fingerprint density at radius 1 is 1.55 bits per heavy atom. The van der Waals surface area contributed by atoms with Crippen molar-refractivity contribution in [3.63, 3.8) is 0 Å². The standard InChI is InChI=1S/C7H6FN3/c8-7-3-6(11-10)2-1-5(7)4-9/h1-3,11H,10H2/p+1. The van der Waals surface area contributed by atoms with E-state index in [9.17, 15) is 4.39 Å². The molecule has 3 nitrogen and oxygen atoms in total. The van der Waals surface area contributed by atoms with E-state index in [0.29, 0.717) is 5.69 Å². The van der Waals surface area contributed by atoms with Gasteiger partial charge in [0.05, 0.1) is 5.69 Å². The maximum Gasteiger partial charge on any atom is 0.311 e. The van der Waals surface area contributed by atoms with E-state index in [-0.39, 0.29) is 5.56 Å². The number of nitrogens with two attached hydrogens (primary N) is 1. The molecular formula is C7H7FN3+. The molecule has 0 saturated carbocycles. The maximum absolute atomic E-state index is 12.8. The molecule has 0 aliphatic heterocycles. The van der Waals surface area contributed by atoms with Gasteiger partial charge in [-0.05, 0) is 18.2 Å². The highest BCUT2D eigenvalue weighted by Crippen LogP contribution is 2.11. The van der Waals surface area contributed by atoms with E-state index in [1.807, 2.05) is 6.07 Å². The highest BCUT2D eigenvalue weighted by molar-refractivity contribution is 5.46. The molecule has 1 aromatic carbocycles. The van der Waals surface area contributed by atoms with Gasteiger partial charge in [-0.1, -0.05) is 5.26 Å². The second-order valence-corrected chi connectivity index (χ2v) is 1.96. The summed E-state index contributed by atoms with van der Waals surface area (Å²) in [6.45, 7) is 0. The average Bonchev–Trinajstić information content (AvgIpc) is 2.04. The molecule has 56 valence electrons.